The maximum Gasteiger partial charge on any atom is 0.416 e. The molecule has 0 aliphatic heterocycles. The van der Waals surface area contributed by atoms with Gasteiger partial charge in [-0.25, -0.2) is 8.78 Å². The molecule has 21 heavy (non-hydrogen) atoms. The number of benzene rings is 1. The van der Waals surface area contributed by atoms with Gasteiger partial charge in [-0.3, -0.25) is 19.0 Å². The molecule has 0 aliphatic rings. The van der Waals surface area contributed by atoms with Gasteiger partial charge in [0.2, 0.25) is 0 Å². The van der Waals surface area contributed by atoms with Gasteiger partial charge >= 0.3 is 6.18 Å². The van der Waals surface area contributed by atoms with Gasteiger partial charge in [0, 0.05) is 17.8 Å². The molecule has 0 atom stereocenters. The molecule has 1 N–H and O–H groups in total. The second-order valence-corrected chi connectivity index (χ2v) is 3.77. The van der Waals surface area contributed by atoms with Crippen LogP contribution in [0.25, 0.3) is 5.69 Å². The highest BCUT2D eigenvalue weighted by Crippen LogP contribution is 2.33. The Balaban J connectivity index is 0.00000106. The van der Waals surface area contributed by atoms with Crippen LogP contribution in [0.5, 0.6) is 0 Å². The Labute approximate surface area is 114 Å². The van der Waals surface area contributed by atoms with E-state index in [4.69, 9.17) is 0 Å². The molecule has 1 aromatic heterocycles. The molecule has 0 aliphatic carbocycles. The Kier molecular flexibility index (Phi) is 5.23. The SMILES string of the molecule is CF.O=c1ccn(-c2cc(C(F)F)cc(C(F)(F)F)c2)[nH]1. The average Bonchev–Trinajstić information content (AvgIpc) is 2.86. The fraction of sp³-hybridized carbons (Fsp3) is 0.250. The van der Waals surface area contributed by atoms with Crippen LogP contribution in [0.15, 0.2) is 35.3 Å². The number of nitrogens with zero attached hydrogens (tertiary/aromatic N) is 1. The first-order valence-electron chi connectivity index (χ1n) is 5.43. The number of nitrogens with one attached hydrogen (secondary N) is 1. The van der Waals surface area contributed by atoms with Crippen molar-refractivity contribution in [2.75, 3.05) is 7.18 Å². The number of hydrogen-bond acceptors (Lipinski definition) is 1. The molecule has 0 spiro atoms. The summed E-state index contributed by atoms with van der Waals surface area (Å²) in [6.45, 7) is 0. The van der Waals surface area contributed by atoms with Crippen molar-refractivity contribution in [3.05, 3.63) is 51.9 Å². The summed E-state index contributed by atoms with van der Waals surface area (Å²) in [5.41, 5.74) is -2.70. The molecule has 0 unspecified atom stereocenters. The molecule has 0 saturated heterocycles. The van der Waals surface area contributed by atoms with Gasteiger partial charge in [0.1, 0.15) is 0 Å². The molecular formula is C12H10F6N2O. The molecule has 0 amide bonds. The zero-order valence-corrected chi connectivity index (χ0v) is 10.6. The van der Waals surface area contributed by atoms with Crippen LogP contribution >= 0.6 is 0 Å². The summed E-state index contributed by atoms with van der Waals surface area (Å²) in [5, 5.41) is 2.19. The van der Waals surface area contributed by atoms with Gasteiger partial charge in [-0.2, -0.15) is 13.2 Å². The summed E-state index contributed by atoms with van der Waals surface area (Å²) < 4.78 is 73.4. The second kappa shape index (κ2) is 6.51. The van der Waals surface area contributed by atoms with Crippen LogP contribution in [0.3, 0.4) is 0 Å². The number of hydrogen-bond donors (Lipinski definition) is 1. The zero-order valence-electron chi connectivity index (χ0n) is 10.6. The summed E-state index contributed by atoms with van der Waals surface area (Å²) in [5.74, 6) is 0. The maximum absolute atomic E-state index is 12.6. The average molecular weight is 312 g/mol. The van der Waals surface area contributed by atoms with E-state index in [1.165, 1.54) is 0 Å². The third-order valence-corrected chi connectivity index (χ3v) is 2.40. The number of aromatic amines is 1. The Hall–Kier alpha value is -2.19. The van der Waals surface area contributed by atoms with Gasteiger partial charge in [0.15, 0.2) is 0 Å². The van der Waals surface area contributed by atoms with E-state index in [0.29, 0.717) is 19.3 Å². The van der Waals surface area contributed by atoms with Crippen LogP contribution in [0.2, 0.25) is 0 Å². The van der Waals surface area contributed by atoms with Crippen molar-refractivity contribution < 1.29 is 26.3 Å². The van der Waals surface area contributed by atoms with E-state index in [-0.39, 0.29) is 5.69 Å². The number of alkyl halides is 6. The van der Waals surface area contributed by atoms with E-state index in [9.17, 15) is 31.1 Å². The van der Waals surface area contributed by atoms with E-state index >= 15 is 0 Å². The normalized spacial score (nSPS) is 11.2. The van der Waals surface area contributed by atoms with Crippen molar-refractivity contribution >= 4 is 0 Å². The largest absolute Gasteiger partial charge is 0.416 e. The van der Waals surface area contributed by atoms with Crippen molar-refractivity contribution in [3.63, 3.8) is 0 Å². The van der Waals surface area contributed by atoms with Gasteiger partial charge in [-0.05, 0) is 18.2 Å². The molecule has 3 nitrogen and oxygen atoms in total. The van der Waals surface area contributed by atoms with Crippen LogP contribution in [-0.2, 0) is 6.18 Å². The third-order valence-electron chi connectivity index (χ3n) is 2.40. The summed E-state index contributed by atoms with van der Waals surface area (Å²) in [6, 6.07) is 3.02. The maximum atomic E-state index is 12.6. The minimum atomic E-state index is -4.74. The van der Waals surface area contributed by atoms with Crippen LogP contribution in [-0.4, -0.2) is 17.0 Å². The fourth-order valence-corrected chi connectivity index (χ4v) is 1.55. The Morgan fingerprint density at radius 1 is 1.14 bits per heavy atom. The van der Waals surface area contributed by atoms with Crippen molar-refractivity contribution in [3.8, 4) is 5.69 Å². The molecule has 2 aromatic rings. The molecule has 1 aromatic carbocycles. The Morgan fingerprint density at radius 3 is 2.19 bits per heavy atom. The number of aromatic nitrogens is 2. The van der Waals surface area contributed by atoms with Gasteiger partial charge in [0.25, 0.3) is 12.0 Å². The Morgan fingerprint density at radius 2 is 1.76 bits per heavy atom. The van der Waals surface area contributed by atoms with Gasteiger partial charge in [-0.15, -0.1) is 0 Å². The molecule has 0 bridgehead atoms. The molecule has 0 saturated carbocycles. The first-order chi connectivity index (χ1) is 9.77. The highest BCUT2D eigenvalue weighted by molar-refractivity contribution is 5.41. The zero-order chi connectivity index (χ0) is 16.2. The lowest BCUT2D eigenvalue weighted by molar-refractivity contribution is -0.137. The van der Waals surface area contributed by atoms with Crippen LogP contribution in [0, 0.1) is 0 Å². The first kappa shape index (κ1) is 16.9. The highest BCUT2D eigenvalue weighted by atomic mass is 19.4. The monoisotopic (exact) mass is 312 g/mol. The van der Waals surface area contributed by atoms with Crippen molar-refractivity contribution in [1.29, 1.82) is 0 Å². The second-order valence-electron chi connectivity index (χ2n) is 3.77. The fourth-order valence-electron chi connectivity index (χ4n) is 1.55. The van der Waals surface area contributed by atoms with E-state index in [0.717, 1.165) is 23.0 Å². The predicted octanol–water partition coefficient (Wildman–Crippen LogP) is 3.71. The predicted molar refractivity (Wildman–Crippen MR) is 63.4 cm³/mol. The molecule has 0 fully saturated rings. The van der Waals surface area contributed by atoms with Crippen LogP contribution < -0.4 is 5.56 Å². The third kappa shape index (κ3) is 4.14. The van der Waals surface area contributed by atoms with E-state index in [2.05, 4.69) is 5.10 Å². The molecule has 9 heteroatoms. The molecule has 2 rings (SSSR count). The summed E-state index contributed by atoms with van der Waals surface area (Å²) >= 11 is 0. The summed E-state index contributed by atoms with van der Waals surface area (Å²) in [6.07, 6.45) is -6.62. The Bertz CT molecular complexity index is 644. The summed E-state index contributed by atoms with van der Waals surface area (Å²) in [7, 11) is 0.500. The minimum absolute atomic E-state index is 0.188. The van der Waals surface area contributed by atoms with Crippen LogP contribution in [0.4, 0.5) is 26.3 Å². The highest BCUT2D eigenvalue weighted by Gasteiger charge is 2.32. The van der Waals surface area contributed by atoms with E-state index in [1.807, 2.05) is 0 Å². The van der Waals surface area contributed by atoms with Crippen molar-refractivity contribution in [2.24, 2.45) is 0 Å². The number of halogens is 6. The number of H-pyrrole nitrogens is 1. The first-order valence-corrected chi connectivity index (χ1v) is 5.43. The van der Waals surface area contributed by atoms with E-state index < -0.39 is 29.3 Å². The van der Waals surface area contributed by atoms with Crippen molar-refractivity contribution in [2.45, 2.75) is 12.6 Å². The number of rotatable bonds is 2. The van der Waals surface area contributed by atoms with Gasteiger partial charge in [-0.1, -0.05) is 0 Å². The van der Waals surface area contributed by atoms with Gasteiger partial charge < -0.3 is 0 Å². The lowest BCUT2D eigenvalue weighted by Gasteiger charge is -2.12. The molecular weight excluding hydrogens is 302 g/mol. The standard InChI is InChI=1S/C11H7F5N2O.CH3F/c12-10(13)6-3-7(11(14,15)16)5-8(4-6)18-2-1-9(19)17-18;1-2/h1-5,10H,(H,17,19);1H3. The molecule has 116 valence electrons. The lowest BCUT2D eigenvalue weighted by Crippen LogP contribution is -2.09. The minimum Gasteiger partial charge on any atom is -0.268 e. The molecule has 0 radical (unpaired) electrons. The lowest BCUT2D eigenvalue weighted by atomic mass is 10.1. The quantitative estimate of drug-likeness (QED) is 0.844. The van der Waals surface area contributed by atoms with Crippen LogP contribution in [0.1, 0.15) is 17.6 Å². The van der Waals surface area contributed by atoms with Crippen molar-refractivity contribution in [1.82, 2.24) is 9.78 Å². The van der Waals surface area contributed by atoms with Gasteiger partial charge in [0.05, 0.1) is 18.4 Å². The topological polar surface area (TPSA) is 37.8 Å². The summed E-state index contributed by atoms with van der Waals surface area (Å²) in [4.78, 5) is 10.9. The van der Waals surface area contributed by atoms with E-state index in [1.54, 1.807) is 0 Å². The smallest absolute Gasteiger partial charge is 0.268 e. The molecule has 1 heterocycles.